The van der Waals surface area contributed by atoms with Crippen molar-refractivity contribution in [3.05, 3.63) is 0 Å². The van der Waals surface area contributed by atoms with Gasteiger partial charge in [-0.25, -0.2) is 0 Å². The minimum atomic E-state index is -0.168. The lowest BCUT2D eigenvalue weighted by atomic mass is 9.98. The largest absolute Gasteiger partial charge is 0.392 e. The van der Waals surface area contributed by atoms with Crippen molar-refractivity contribution in [1.82, 2.24) is 4.90 Å². The average molecular weight is 185 g/mol. The molecule has 78 valence electrons. The first kappa shape index (κ1) is 11.0. The van der Waals surface area contributed by atoms with Gasteiger partial charge in [0.1, 0.15) is 0 Å². The number of nitrogens with zero attached hydrogens (tertiary/aromatic N) is 1. The van der Waals surface area contributed by atoms with Crippen LogP contribution >= 0.6 is 0 Å². The van der Waals surface area contributed by atoms with E-state index < -0.39 is 0 Å². The minimum absolute atomic E-state index is 0.168. The van der Waals surface area contributed by atoms with Gasteiger partial charge in [-0.15, -0.1) is 0 Å². The molecule has 2 heteroatoms. The zero-order valence-corrected chi connectivity index (χ0v) is 9.00. The maximum atomic E-state index is 9.28. The first-order chi connectivity index (χ1) is 6.22. The fraction of sp³-hybridized carbons (Fsp3) is 1.00. The molecule has 1 aliphatic rings. The van der Waals surface area contributed by atoms with Crippen molar-refractivity contribution >= 4 is 0 Å². The van der Waals surface area contributed by atoms with Gasteiger partial charge >= 0.3 is 0 Å². The van der Waals surface area contributed by atoms with E-state index in [1.807, 2.05) is 6.92 Å². The highest BCUT2D eigenvalue weighted by molar-refractivity contribution is 4.70. The molecule has 2 nitrogen and oxygen atoms in total. The maximum absolute atomic E-state index is 9.28. The molecule has 1 fully saturated rings. The van der Waals surface area contributed by atoms with Crippen molar-refractivity contribution in [1.29, 1.82) is 0 Å². The summed E-state index contributed by atoms with van der Waals surface area (Å²) >= 11 is 0. The van der Waals surface area contributed by atoms with Crippen LogP contribution in [0.2, 0.25) is 0 Å². The molecule has 2 atom stereocenters. The van der Waals surface area contributed by atoms with Crippen molar-refractivity contribution in [3.63, 3.8) is 0 Å². The molecule has 0 spiro atoms. The van der Waals surface area contributed by atoms with E-state index >= 15 is 0 Å². The van der Waals surface area contributed by atoms with Crippen LogP contribution in [0, 0.1) is 5.92 Å². The molecule has 1 rings (SSSR count). The lowest BCUT2D eigenvalue weighted by Gasteiger charge is -2.21. The third-order valence-electron chi connectivity index (χ3n) is 3.04. The number of likely N-dealkylation sites (tertiary alicyclic amines) is 1. The average Bonchev–Trinajstić information content (AvgIpc) is 2.29. The molecule has 0 aliphatic carbocycles. The Labute approximate surface area is 81.9 Å². The number of hydrogen-bond acceptors (Lipinski definition) is 2. The van der Waals surface area contributed by atoms with Gasteiger partial charge in [0.2, 0.25) is 0 Å². The summed E-state index contributed by atoms with van der Waals surface area (Å²) in [6.45, 7) is 7.39. The summed E-state index contributed by atoms with van der Waals surface area (Å²) < 4.78 is 0. The van der Waals surface area contributed by atoms with Gasteiger partial charge in [0.05, 0.1) is 6.10 Å². The molecule has 1 heterocycles. The van der Waals surface area contributed by atoms with Crippen LogP contribution < -0.4 is 0 Å². The SMILES string of the molecule is CCC1CCCN(C[C@H](C)O)CC1. The summed E-state index contributed by atoms with van der Waals surface area (Å²) in [5.41, 5.74) is 0. The van der Waals surface area contributed by atoms with Crippen LogP contribution in [0.25, 0.3) is 0 Å². The summed E-state index contributed by atoms with van der Waals surface area (Å²) in [5, 5.41) is 9.28. The van der Waals surface area contributed by atoms with Crippen LogP contribution in [0.15, 0.2) is 0 Å². The van der Waals surface area contributed by atoms with E-state index in [1.165, 1.54) is 38.8 Å². The van der Waals surface area contributed by atoms with E-state index in [1.54, 1.807) is 0 Å². The minimum Gasteiger partial charge on any atom is -0.392 e. The van der Waals surface area contributed by atoms with E-state index in [9.17, 15) is 5.11 Å². The molecule has 1 aliphatic heterocycles. The second kappa shape index (κ2) is 5.61. The number of β-amino-alcohol motifs (C(OH)–C–C–N with tert-alkyl or cyclic N) is 1. The molecule has 1 unspecified atom stereocenters. The zero-order valence-electron chi connectivity index (χ0n) is 9.00. The Morgan fingerprint density at radius 1 is 1.38 bits per heavy atom. The smallest absolute Gasteiger partial charge is 0.0639 e. The van der Waals surface area contributed by atoms with E-state index in [0.29, 0.717) is 0 Å². The van der Waals surface area contributed by atoms with Gasteiger partial charge < -0.3 is 10.0 Å². The third-order valence-corrected chi connectivity index (χ3v) is 3.04. The highest BCUT2D eigenvalue weighted by Crippen LogP contribution is 2.20. The normalized spacial score (nSPS) is 28.4. The quantitative estimate of drug-likeness (QED) is 0.725. The Morgan fingerprint density at radius 3 is 2.77 bits per heavy atom. The van der Waals surface area contributed by atoms with Gasteiger partial charge in [-0.05, 0) is 45.2 Å². The summed E-state index contributed by atoms with van der Waals surface area (Å²) in [5.74, 6) is 0.930. The monoisotopic (exact) mass is 185 g/mol. The Hall–Kier alpha value is -0.0800. The molecule has 0 aromatic heterocycles. The summed E-state index contributed by atoms with van der Waals surface area (Å²) in [7, 11) is 0. The molecule has 13 heavy (non-hydrogen) atoms. The molecule has 0 aromatic rings. The standard InChI is InChI=1S/C11H23NO/c1-3-11-5-4-7-12(8-6-11)9-10(2)13/h10-11,13H,3-9H2,1-2H3/t10-,11?/m0/s1. The van der Waals surface area contributed by atoms with Crippen LogP contribution in [0.3, 0.4) is 0 Å². The predicted octanol–water partition coefficient (Wildman–Crippen LogP) is 1.88. The van der Waals surface area contributed by atoms with Gasteiger partial charge in [-0.2, -0.15) is 0 Å². The van der Waals surface area contributed by atoms with Crippen LogP contribution in [0.4, 0.5) is 0 Å². The molecule has 0 aromatic carbocycles. The summed E-state index contributed by atoms with van der Waals surface area (Å²) in [6.07, 6.45) is 5.17. The topological polar surface area (TPSA) is 23.5 Å². The molecule has 0 saturated carbocycles. The van der Waals surface area contributed by atoms with E-state index in [4.69, 9.17) is 0 Å². The van der Waals surface area contributed by atoms with Gasteiger partial charge in [-0.1, -0.05) is 13.3 Å². The summed E-state index contributed by atoms with van der Waals surface area (Å²) in [4.78, 5) is 2.40. The fourth-order valence-electron chi connectivity index (χ4n) is 2.19. The van der Waals surface area contributed by atoms with Crippen LogP contribution in [0.5, 0.6) is 0 Å². The number of aliphatic hydroxyl groups is 1. The third kappa shape index (κ3) is 4.10. The van der Waals surface area contributed by atoms with E-state index in [2.05, 4.69) is 11.8 Å². The summed E-state index contributed by atoms with van der Waals surface area (Å²) in [6, 6.07) is 0. The van der Waals surface area contributed by atoms with E-state index in [0.717, 1.165) is 12.5 Å². The molecular weight excluding hydrogens is 162 g/mol. The number of aliphatic hydroxyl groups excluding tert-OH is 1. The van der Waals surface area contributed by atoms with Gasteiger partial charge in [0, 0.05) is 6.54 Å². The predicted molar refractivity (Wildman–Crippen MR) is 55.8 cm³/mol. The van der Waals surface area contributed by atoms with Crippen LogP contribution in [0.1, 0.15) is 39.5 Å². The first-order valence-electron chi connectivity index (χ1n) is 5.62. The second-order valence-corrected chi connectivity index (χ2v) is 4.35. The zero-order chi connectivity index (χ0) is 9.68. The maximum Gasteiger partial charge on any atom is 0.0639 e. The lowest BCUT2D eigenvalue weighted by Crippen LogP contribution is -2.31. The molecule has 0 amide bonds. The fourth-order valence-corrected chi connectivity index (χ4v) is 2.19. The van der Waals surface area contributed by atoms with Crippen molar-refractivity contribution < 1.29 is 5.11 Å². The molecule has 0 radical (unpaired) electrons. The number of hydrogen-bond donors (Lipinski definition) is 1. The highest BCUT2D eigenvalue weighted by atomic mass is 16.3. The van der Waals surface area contributed by atoms with Gasteiger partial charge in [-0.3, -0.25) is 0 Å². The Kier molecular flexibility index (Phi) is 4.74. The van der Waals surface area contributed by atoms with Crippen molar-refractivity contribution in [2.45, 2.75) is 45.6 Å². The van der Waals surface area contributed by atoms with Crippen LogP contribution in [-0.2, 0) is 0 Å². The van der Waals surface area contributed by atoms with Gasteiger partial charge in [0.15, 0.2) is 0 Å². The second-order valence-electron chi connectivity index (χ2n) is 4.35. The first-order valence-corrected chi connectivity index (χ1v) is 5.62. The van der Waals surface area contributed by atoms with Crippen molar-refractivity contribution in [3.8, 4) is 0 Å². The van der Waals surface area contributed by atoms with Crippen molar-refractivity contribution in [2.24, 2.45) is 5.92 Å². The van der Waals surface area contributed by atoms with Gasteiger partial charge in [0.25, 0.3) is 0 Å². The lowest BCUT2D eigenvalue weighted by molar-refractivity contribution is 0.128. The van der Waals surface area contributed by atoms with E-state index in [-0.39, 0.29) is 6.10 Å². The Balaban J connectivity index is 2.27. The molecular formula is C11H23NO. The number of rotatable bonds is 3. The van der Waals surface area contributed by atoms with Crippen molar-refractivity contribution in [2.75, 3.05) is 19.6 Å². The highest BCUT2D eigenvalue weighted by Gasteiger charge is 2.16. The Bertz CT molecular complexity index is 136. The molecule has 1 N–H and O–H groups in total. The Morgan fingerprint density at radius 2 is 2.15 bits per heavy atom. The van der Waals surface area contributed by atoms with Crippen LogP contribution in [-0.4, -0.2) is 35.7 Å². The molecule has 1 saturated heterocycles. The molecule has 0 bridgehead atoms.